The molecule has 1 saturated heterocycles. The first-order valence-electron chi connectivity index (χ1n) is 7.41. The molecule has 2 aromatic rings. The van der Waals surface area contributed by atoms with Gasteiger partial charge in [0, 0.05) is 12.6 Å². The first-order valence-corrected chi connectivity index (χ1v) is 7.41. The van der Waals surface area contributed by atoms with Gasteiger partial charge in [-0.25, -0.2) is 0 Å². The van der Waals surface area contributed by atoms with Gasteiger partial charge >= 0.3 is 0 Å². The lowest BCUT2D eigenvalue weighted by molar-refractivity contribution is 0.0946. The first kappa shape index (κ1) is 13.6. The highest BCUT2D eigenvalue weighted by molar-refractivity contribution is 5.85. The third-order valence-electron chi connectivity index (χ3n) is 4.15. The van der Waals surface area contributed by atoms with Crippen molar-refractivity contribution in [2.24, 2.45) is 5.84 Å². The maximum atomic E-state index is 5.74. The van der Waals surface area contributed by atoms with Gasteiger partial charge in [-0.2, -0.15) is 0 Å². The van der Waals surface area contributed by atoms with Crippen molar-refractivity contribution in [1.82, 2.24) is 5.43 Å². The van der Waals surface area contributed by atoms with E-state index in [9.17, 15) is 0 Å². The van der Waals surface area contributed by atoms with Crippen molar-refractivity contribution in [2.75, 3.05) is 6.61 Å². The lowest BCUT2D eigenvalue weighted by Gasteiger charge is -2.20. The summed E-state index contributed by atoms with van der Waals surface area (Å²) in [7, 11) is 0. The van der Waals surface area contributed by atoms with Crippen LogP contribution in [0.15, 0.2) is 42.5 Å². The van der Waals surface area contributed by atoms with Gasteiger partial charge in [-0.15, -0.1) is 0 Å². The van der Waals surface area contributed by atoms with Gasteiger partial charge in [0.15, 0.2) is 0 Å². The van der Waals surface area contributed by atoms with Crippen LogP contribution in [-0.2, 0) is 11.2 Å². The molecule has 3 N–H and O–H groups in total. The molecule has 0 aliphatic carbocycles. The molecule has 1 heterocycles. The largest absolute Gasteiger partial charge is 0.378 e. The van der Waals surface area contributed by atoms with Crippen LogP contribution < -0.4 is 11.3 Å². The monoisotopic (exact) mass is 270 g/mol. The maximum Gasteiger partial charge on any atom is 0.0591 e. The van der Waals surface area contributed by atoms with Gasteiger partial charge in [-0.1, -0.05) is 42.5 Å². The van der Waals surface area contributed by atoms with Crippen molar-refractivity contribution in [3.63, 3.8) is 0 Å². The minimum atomic E-state index is 0.268. The second-order valence-corrected chi connectivity index (χ2v) is 5.58. The van der Waals surface area contributed by atoms with Gasteiger partial charge in [-0.05, 0) is 42.0 Å². The average Bonchev–Trinajstić information content (AvgIpc) is 3.00. The van der Waals surface area contributed by atoms with E-state index in [4.69, 9.17) is 10.6 Å². The Labute approximate surface area is 120 Å². The molecule has 0 bridgehead atoms. The molecule has 106 valence electrons. The third kappa shape index (κ3) is 3.01. The van der Waals surface area contributed by atoms with E-state index in [1.165, 1.54) is 22.8 Å². The molecule has 1 aliphatic heterocycles. The van der Waals surface area contributed by atoms with E-state index >= 15 is 0 Å². The van der Waals surface area contributed by atoms with Crippen LogP contribution in [0.4, 0.5) is 0 Å². The van der Waals surface area contributed by atoms with Gasteiger partial charge in [0.25, 0.3) is 0 Å². The second-order valence-electron chi connectivity index (χ2n) is 5.58. The molecule has 20 heavy (non-hydrogen) atoms. The summed E-state index contributed by atoms with van der Waals surface area (Å²) in [6.07, 6.45) is 4.63. The van der Waals surface area contributed by atoms with Gasteiger partial charge in [0.2, 0.25) is 0 Å². The Kier molecular flexibility index (Phi) is 4.31. The predicted molar refractivity (Wildman–Crippen MR) is 82.4 cm³/mol. The molecule has 1 fully saturated rings. The minimum Gasteiger partial charge on any atom is -0.378 e. The summed E-state index contributed by atoms with van der Waals surface area (Å²) in [6.45, 7) is 0.899. The number of rotatable bonds is 5. The number of fused-ring (bicyclic) bond motifs is 1. The molecule has 2 aromatic carbocycles. The summed E-state index contributed by atoms with van der Waals surface area (Å²) < 4.78 is 5.71. The number of hydrogen-bond acceptors (Lipinski definition) is 3. The van der Waals surface area contributed by atoms with Crippen LogP contribution in [0.5, 0.6) is 0 Å². The zero-order valence-corrected chi connectivity index (χ0v) is 11.7. The highest BCUT2D eigenvalue weighted by Gasteiger charge is 2.20. The Hall–Kier alpha value is -1.42. The van der Waals surface area contributed by atoms with E-state index in [-0.39, 0.29) is 6.04 Å². The SMILES string of the molecule is NNC(Cc1cccc2ccccc12)CC1CCCO1. The zero-order valence-electron chi connectivity index (χ0n) is 11.7. The summed E-state index contributed by atoms with van der Waals surface area (Å²) in [5.74, 6) is 5.74. The van der Waals surface area contributed by atoms with Crippen molar-refractivity contribution in [1.29, 1.82) is 0 Å². The number of ether oxygens (including phenoxy) is 1. The molecule has 3 nitrogen and oxygen atoms in total. The van der Waals surface area contributed by atoms with E-state index in [0.29, 0.717) is 6.10 Å². The second kappa shape index (κ2) is 6.35. The fourth-order valence-electron chi connectivity index (χ4n) is 3.09. The Bertz CT molecular complexity index is 558. The molecule has 0 saturated carbocycles. The van der Waals surface area contributed by atoms with Crippen molar-refractivity contribution >= 4 is 10.8 Å². The lowest BCUT2D eigenvalue weighted by atomic mass is 9.96. The van der Waals surface area contributed by atoms with Gasteiger partial charge in [0.1, 0.15) is 0 Å². The Morgan fingerprint density at radius 3 is 2.85 bits per heavy atom. The van der Waals surface area contributed by atoms with Gasteiger partial charge < -0.3 is 4.74 Å². The standard InChI is InChI=1S/C17H22N2O/c18-19-15(12-16-8-4-10-20-16)11-14-7-3-6-13-5-1-2-9-17(13)14/h1-3,5-7,9,15-16,19H,4,8,10-12,18H2. The fourth-order valence-corrected chi connectivity index (χ4v) is 3.09. The van der Waals surface area contributed by atoms with E-state index in [0.717, 1.165) is 25.9 Å². The molecule has 3 rings (SSSR count). The van der Waals surface area contributed by atoms with Crippen LogP contribution in [0, 0.1) is 0 Å². The molecular formula is C17H22N2O. The molecule has 0 aromatic heterocycles. The quantitative estimate of drug-likeness (QED) is 0.649. The fraction of sp³-hybridized carbons (Fsp3) is 0.412. The number of benzene rings is 2. The molecule has 2 atom stereocenters. The van der Waals surface area contributed by atoms with E-state index < -0.39 is 0 Å². The smallest absolute Gasteiger partial charge is 0.0591 e. The van der Waals surface area contributed by atoms with Crippen molar-refractivity contribution < 1.29 is 4.74 Å². The van der Waals surface area contributed by atoms with E-state index in [2.05, 4.69) is 47.9 Å². The van der Waals surface area contributed by atoms with Gasteiger partial charge in [0.05, 0.1) is 6.10 Å². The number of hydrazine groups is 1. The van der Waals surface area contributed by atoms with Crippen molar-refractivity contribution in [3.05, 3.63) is 48.0 Å². The Morgan fingerprint density at radius 2 is 2.05 bits per heavy atom. The topological polar surface area (TPSA) is 47.3 Å². The molecule has 1 aliphatic rings. The summed E-state index contributed by atoms with van der Waals surface area (Å²) in [5.41, 5.74) is 4.31. The summed E-state index contributed by atoms with van der Waals surface area (Å²) in [6, 6.07) is 15.3. The molecule has 2 unspecified atom stereocenters. The average molecular weight is 270 g/mol. The normalized spacial score (nSPS) is 20.4. The van der Waals surface area contributed by atoms with Crippen LogP contribution in [0.2, 0.25) is 0 Å². The van der Waals surface area contributed by atoms with E-state index in [1.54, 1.807) is 0 Å². The van der Waals surface area contributed by atoms with Crippen LogP contribution in [0.1, 0.15) is 24.8 Å². The van der Waals surface area contributed by atoms with Gasteiger partial charge in [-0.3, -0.25) is 11.3 Å². The van der Waals surface area contributed by atoms with Crippen LogP contribution in [-0.4, -0.2) is 18.8 Å². The summed E-state index contributed by atoms with van der Waals surface area (Å²) in [4.78, 5) is 0. The summed E-state index contributed by atoms with van der Waals surface area (Å²) in [5, 5.41) is 2.61. The molecule has 3 heteroatoms. The number of nitrogens with two attached hydrogens (primary N) is 1. The summed E-state index contributed by atoms with van der Waals surface area (Å²) >= 11 is 0. The predicted octanol–water partition coefficient (Wildman–Crippen LogP) is 2.78. The molecule has 0 radical (unpaired) electrons. The third-order valence-corrected chi connectivity index (χ3v) is 4.15. The van der Waals surface area contributed by atoms with Crippen LogP contribution in [0.3, 0.4) is 0 Å². The zero-order chi connectivity index (χ0) is 13.8. The Balaban J connectivity index is 1.76. The molecule has 0 amide bonds. The maximum absolute atomic E-state index is 5.74. The number of nitrogens with one attached hydrogen (secondary N) is 1. The van der Waals surface area contributed by atoms with Crippen molar-refractivity contribution in [2.45, 2.75) is 37.8 Å². The number of hydrogen-bond donors (Lipinski definition) is 2. The molecular weight excluding hydrogens is 248 g/mol. The highest BCUT2D eigenvalue weighted by Crippen LogP contribution is 2.22. The lowest BCUT2D eigenvalue weighted by Crippen LogP contribution is -2.39. The first-order chi connectivity index (χ1) is 9.86. The minimum absolute atomic E-state index is 0.268. The van der Waals surface area contributed by atoms with Crippen LogP contribution >= 0.6 is 0 Å². The highest BCUT2D eigenvalue weighted by atomic mass is 16.5. The van der Waals surface area contributed by atoms with Crippen molar-refractivity contribution in [3.8, 4) is 0 Å². The molecule has 0 spiro atoms. The van der Waals surface area contributed by atoms with Crippen LogP contribution in [0.25, 0.3) is 10.8 Å². The van der Waals surface area contributed by atoms with E-state index in [1.807, 2.05) is 0 Å². The Morgan fingerprint density at radius 1 is 1.20 bits per heavy atom.